The van der Waals surface area contributed by atoms with Crippen molar-refractivity contribution in [3.8, 4) is 0 Å². The number of pyridine rings is 1. The average Bonchev–Trinajstić information content (AvgIpc) is 2.52. The largest absolute Gasteiger partial charge is 0.387 e. The monoisotopic (exact) mass is 304 g/mol. The minimum absolute atomic E-state index is 0.305. The van der Waals surface area contributed by atoms with Crippen molar-refractivity contribution in [2.24, 2.45) is 0 Å². The molecule has 0 amide bonds. The lowest BCUT2D eigenvalue weighted by atomic mass is 10.1. The van der Waals surface area contributed by atoms with Crippen molar-refractivity contribution < 1.29 is 5.11 Å². The van der Waals surface area contributed by atoms with Gasteiger partial charge in [-0.25, -0.2) is 4.98 Å². The standard InChI is InChI=1S/C17H21ClN2O/c1-13(9-10-15-8-5-11-19-17(15)18)20-12-16(21)14-6-3-2-4-7-14/h2-8,11,13,16,20-21H,9-10,12H2,1H3. The van der Waals surface area contributed by atoms with Crippen LogP contribution < -0.4 is 5.32 Å². The van der Waals surface area contributed by atoms with E-state index in [1.54, 1.807) is 6.20 Å². The van der Waals surface area contributed by atoms with Crippen molar-refractivity contribution >= 4 is 11.6 Å². The van der Waals surface area contributed by atoms with Crippen LogP contribution >= 0.6 is 11.6 Å². The van der Waals surface area contributed by atoms with Crippen molar-refractivity contribution in [3.05, 3.63) is 64.9 Å². The number of hydrogen-bond acceptors (Lipinski definition) is 3. The van der Waals surface area contributed by atoms with Crippen LogP contribution in [0.4, 0.5) is 0 Å². The van der Waals surface area contributed by atoms with Gasteiger partial charge in [0.25, 0.3) is 0 Å². The van der Waals surface area contributed by atoms with Crippen LogP contribution in [0.25, 0.3) is 0 Å². The van der Waals surface area contributed by atoms with Gasteiger partial charge in [0, 0.05) is 18.8 Å². The molecule has 1 heterocycles. The third kappa shape index (κ3) is 5.12. The summed E-state index contributed by atoms with van der Waals surface area (Å²) in [5, 5.41) is 14.0. The van der Waals surface area contributed by atoms with E-state index in [-0.39, 0.29) is 0 Å². The fraction of sp³-hybridized carbons (Fsp3) is 0.353. The van der Waals surface area contributed by atoms with E-state index in [1.165, 1.54) is 0 Å². The first-order valence-electron chi connectivity index (χ1n) is 7.22. The second-order valence-electron chi connectivity index (χ2n) is 5.23. The molecule has 21 heavy (non-hydrogen) atoms. The zero-order chi connectivity index (χ0) is 15.1. The molecule has 0 bridgehead atoms. The van der Waals surface area contributed by atoms with Gasteiger partial charge in [-0.15, -0.1) is 0 Å². The first kappa shape index (κ1) is 16.0. The molecule has 1 aromatic carbocycles. The van der Waals surface area contributed by atoms with Gasteiger partial charge >= 0.3 is 0 Å². The Hall–Kier alpha value is -1.42. The number of aromatic nitrogens is 1. The number of halogens is 1. The molecule has 2 atom stereocenters. The zero-order valence-corrected chi connectivity index (χ0v) is 12.9. The van der Waals surface area contributed by atoms with Crippen molar-refractivity contribution in [3.63, 3.8) is 0 Å². The van der Waals surface area contributed by atoms with E-state index in [1.807, 2.05) is 42.5 Å². The third-order valence-electron chi connectivity index (χ3n) is 3.53. The molecule has 0 radical (unpaired) electrons. The van der Waals surface area contributed by atoms with E-state index in [9.17, 15) is 5.11 Å². The molecule has 2 rings (SSSR count). The van der Waals surface area contributed by atoms with Gasteiger partial charge in [-0.3, -0.25) is 0 Å². The minimum Gasteiger partial charge on any atom is -0.387 e. The molecule has 1 aromatic heterocycles. The Morgan fingerprint density at radius 2 is 1.95 bits per heavy atom. The van der Waals surface area contributed by atoms with Crippen molar-refractivity contribution in [2.45, 2.75) is 31.9 Å². The van der Waals surface area contributed by atoms with Crippen LogP contribution in [-0.4, -0.2) is 22.7 Å². The third-order valence-corrected chi connectivity index (χ3v) is 3.87. The SMILES string of the molecule is CC(CCc1cccnc1Cl)NCC(O)c1ccccc1. The maximum Gasteiger partial charge on any atom is 0.132 e. The maximum absolute atomic E-state index is 10.1. The predicted octanol–water partition coefficient (Wildman–Crippen LogP) is 3.38. The quantitative estimate of drug-likeness (QED) is 0.771. The maximum atomic E-state index is 10.1. The summed E-state index contributed by atoms with van der Waals surface area (Å²) in [6.07, 6.45) is 3.05. The number of aliphatic hydroxyl groups is 1. The Morgan fingerprint density at radius 1 is 1.19 bits per heavy atom. The van der Waals surface area contributed by atoms with E-state index in [4.69, 9.17) is 11.6 Å². The summed E-state index contributed by atoms with van der Waals surface area (Å²) in [6.45, 7) is 2.66. The Kier molecular flexibility index (Phi) is 6.18. The lowest BCUT2D eigenvalue weighted by Crippen LogP contribution is -2.30. The lowest BCUT2D eigenvalue weighted by Gasteiger charge is -2.17. The highest BCUT2D eigenvalue weighted by Gasteiger charge is 2.10. The number of nitrogens with zero attached hydrogens (tertiary/aromatic N) is 1. The Morgan fingerprint density at radius 3 is 2.67 bits per heavy atom. The number of nitrogens with one attached hydrogen (secondary N) is 1. The van der Waals surface area contributed by atoms with Crippen LogP contribution in [0.1, 0.15) is 30.6 Å². The van der Waals surface area contributed by atoms with Crippen molar-refractivity contribution in [1.82, 2.24) is 10.3 Å². The molecule has 0 saturated carbocycles. The molecule has 0 saturated heterocycles. The Labute approximate surface area is 131 Å². The summed E-state index contributed by atoms with van der Waals surface area (Å²) in [7, 11) is 0. The van der Waals surface area contributed by atoms with E-state index in [2.05, 4.69) is 17.2 Å². The van der Waals surface area contributed by atoms with Gasteiger partial charge in [0.1, 0.15) is 5.15 Å². The highest BCUT2D eigenvalue weighted by molar-refractivity contribution is 6.30. The van der Waals surface area contributed by atoms with Crippen molar-refractivity contribution in [2.75, 3.05) is 6.54 Å². The summed E-state index contributed by atoms with van der Waals surface area (Å²) in [6, 6.07) is 13.9. The van der Waals surface area contributed by atoms with E-state index in [0.717, 1.165) is 24.0 Å². The summed E-state index contributed by atoms with van der Waals surface area (Å²) in [5.41, 5.74) is 2.00. The molecule has 2 aromatic rings. The van der Waals surface area contributed by atoms with Crippen LogP contribution in [-0.2, 0) is 6.42 Å². The van der Waals surface area contributed by atoms with Gasteiger partial charge in [0.05, 0.1) is 6.10 Å². The smallest absolute Gasteiger partial charge is 0.132 e. The molecule has 0 fully saturated rings. The summed E-state index contributed by atoms with van der Waals surface area (Å²) < 4.78 is 0. The number of rotatable bonds is 7. The van der Waals surface area contributed by atoms with Gasteiger partial charge < -0.3 is 10.4 Å². The number of aliphatic hydroxyl groups excluding tert-OH is 1. The molecule has 2 N–H and O–H groups in total. The molecule has 0 aliphatic rings. The zero-order valence-electron chi connectivity index (χ0n) is 12.2. The summed E-state index contributed by atoms with van der Waals surface area (Å²) in [4.78, 5) is 4.08. The first-order valence-corrected chi connectivity index (χ1v) is 7.60. The van der Waals surface area contributed by atoms with Crippen LogP contribution in [0.15, 0.2) is 48.7 Å². The van der Waals surface area contributed by atoms with Gasteiger partial charge in [-0.05, 0) is 37.0 Å². The van der Waals surface area contributed by atoms with Crippen LogP contribution in [0.5, 0.6) is 0 Å². The van der Waals surface area contributed by atoms with E-state index >= 15 is 0 Å². The highest BCUT2D eigenvalue weighted by Crippen LogP contribution is 2.15. The molecule has 0 aliphatic carbocycles. The minimum atomic E-state index is -0.476. The first-order chi connectivity index (χ1) is 10.2. The Balaban J connectivity index is 1.75. The molecule has 2 unspecified atom stereocenters. The van der Waals surface area contributed by atoms with Gasteiger partial charge in [-0.1, -0.05) is 48.0 Å². The molecular formula is C17H21ClN2O. The second kappa shape index (κ2) is 8.13. The molecule has 0 spiro atoms. The Bertz CT molecular complexity index is 547. The molecule has 4 heteroatoms. The fourth-order valence-corrected chi connectivity index (χ4v) is 2.40. The summed E-state index contributed by atoms with van der Waals surface area (Å²) >= 11 is 6.04. The van der Waals surface area contributed by atoms with Crippen molar-refractivity contribution in [1.29, 1.82) is 0 Å². The van der Waals surface area contributed by atoms with E-state index < -0.39 is 6.10 Å². The molecule has 3 nitrogen and oxygen atoms in total. The topological polar surface area (TPSA) is 45.2 Å². The normalized spacial score (nSPS) is 13.9. The van der Waals surface area contributed by atoms with Gasteiger partial charge in [-0.2, -0.15) is 0 Å². The fourth-order valence-electron chi connectivity index (χ4n) is 2.19. The molecule has 112 valence electrons. The summed E-state index contributed by atoms with van der Waals surface area (Å²) in [5.74, 6) is 0. The molecule has 0 aliphatic heterocycles. The highest BCUT2D eigenvalue weighted by atomic mass is 35.5. The number of aryl methyl sites for hydroxylation is 1. The van der Waals surface area contributed by atoms with Crippen LogP contribution in [0.2, 0.25) is 5.15 Å². The second-order valence-corrected chi connectivity index (χ2v) is 5.59. The van der Waals surface area contributed by atoms with Gasteiger partial charge in [0.2, 0.25) is 0 Å². The van der Waals surface area contributed by atoms with Crippen LogP contribution in [0, 0.1) is 0 Å². The average molecular weight is 305 g/mol. The number of hydrogen-bond donors (Lipinski definition) is 2. The van der Waals surface area contributed by atoms with Crippen LogP contribution in [0.3, 0.4) is 0 Å². The predicted molar refractivity (Wildman–Crippen MR) is 86.4 cm³/mol. The molecular weight excluding hydrogens is 284 g/mol. The van der Waals surface area contributed by atoms with Gasteiger partial charge in [0.15, 0.2) is 0 Å². The number of benzene rings is 1. The lowest BCUT2D eigenvalue weighted by molar-refractivity contribution is 0.170. The van der Waals surface area contributed by atoms with E-state index in [0.29, 0.717) is 17.7 Å².